The molecule has 7 heteroatoms. The van der Waals surface area contributed by atoms with Crippen LogP contribution in [-0.4, -0.2) is 31.1 Å². The van der Waals surface area contributed by atoms with Crippen molar-refractivity contribution in [2.24, 2.45) is 0 Å². The Hall–Kier alpha value is -4.00. The van der Waals surface area contributed by atoms with Crippen LogP contribution in [0.1, 0.15) is 12.6 Å². The highest BCUT2D eigenvalue weighted by molar-refractivity contribution is 5.68. The quantitative estimate of drug-likeness (QED) is 0.429. The van der Waals surface area contributed by atoms with Crippen LogP contribution in [0, 0.1) is 5.82 Å². The number of fused-ring (bicyclic) bond motifs is 1. The van der Waals surface area contributed by atoms with Crippen molar-refractivity contribution in [3.05, 3.63) is 90.9 Å². The van der Waals surface area contributed by atoms with Gasteiger partial charge < -0.3 is 4.90 Å². The van der Waals surface area contributed by atoms with Gasteiger partial charge in [0.25, 0.3) is 0 Å². The Bertz CT molecular complexity index is 1290. The number of halogens is 1. The Morgan fingerprint density at radius 3 is 2.42 bits per heavy atom. The molecule has 0 aliphatic rings. The summed E-state index contributed by atoms with van der Waals surface area (Å²) in [7, 11) is 0. The summed E-state index contributed by atoms with van der Waals surface area (Å²) >= 11 is 0. The Kier molecular flexibility index (Phi) is 4.92. The maximum absolute atomic E-state index is 13.3. The van der Waals surface area contributed by atoms with E-state index in [4.69, 9.17) is 0 Å². The summed E-state index contributed by atoms with van der Waals surface area (Å²) in [5, 5.41) is 6.99. The highest BCUT2D eigenvalue weighted by Gasteiger charge is 2.11. The van der Waals surface area contributed by atoms with Gasteiger partial charge in [0.05, 0.1) is 36.0 Å². The predicted octanol–water partition coefficient (Wildman–Crippen LogP) is 4.95. The lowest BCUT2D eigenvalue weighted by Crippen LogP contribution is -2.22. The molecule has 0 atom stereocenters. The van der Waals surface area contributed by atoms with Crippen molar-refractivity contribution in [1.82, 2.24) is 24.6 Å². The molecule has 0 aliphatic heterocycles. The van der Waals surface area contributed by atoms with E-state index in [1.165, 1.54) is 12.1 Å². The van der Waals surface area contributed by atoms with Crippen molar-refractivity contribution in [2.75, 3.05) is 11.4 Å². The molecule has 0 amide bonds. The zero-order chi connectivity index (χ0) is 21.2. The van der Waals surface area contributed by atoms with Gasteiger partial charge in [0.2, 0.25) is 0 Å². The van der Waals surface area contributed by atoms with Gasteiger partial charge in [-0.05, 0) is 42.8 Å². The van der Waals surface area contributed by atoms with Crippen LogP contribution in [0.2, 0.25) is 0 Å². The van der Waals surface area contributed by atoms with Crippen LogP contribution in [-0.2, 0) is 6.54 Å². The number of aromatic nitrogens is 5. The fourth-order valence-electron chi connectivity index (χ4n) is 3.69. The average Bonchev–Trinajstić information content (AvgIpc) is 3.48. The van der Waals surface area contributed by atoms with Gasteiger partial charge in [0.1, 0.15) is 5.82 Å². The maximum atomic E-state index is 13.3. The third-order valence-corrected chi connectivity index (χ3v) is 5.37. The highest BCUT2D eigenvalue weighted by atomic mass is 19.1. The summed E-state index contributed by atoms with van der Waals surface area (Å²) in [4.78, 5) is 11.2. The van der Waals surface area contributed by atoms with Crippen molar-refractivity contribution < 1.29 is 4.39 Å². The maximum Gasteiger partial charge on any atom is 0.155 e. The lowest BCUT2D eigenvalue weighted by atomic mass is 10.1. The average molecular weight is 412 g/mol. The number of anilines is 1. The Balaban J connectivity index is 1.45. The molecule has 3 heterocycles. The van der Waals surface area contributed by atoms with E-state index in [0.29, 0.717) is 6.54 Å². The number of benzene rings is 2. The standard InChI is InChI=1S/C24H21FN6/c1-2-30(21-9-7-19(25)8-10-21)15-20-16-31-23(13-27-24(31)14-26-20)18-5-3-17(4-6-18)22-11-12-28-29-22/h3-14,16H,2,15H2,1H3,(H,28,29). The molecule has 0 radical (unpaired) electrons. The van der Waals surface area contributed by atoms with Gasteiger partial charge in [-0.2, -0.15) is 5.10 Å². The monoisotopic (exact) mass is 412 g/mol. The van der Waals surface area contributed by atoms with Gasteiger partial charge in [0.15, 0.2) is 5.65 Å². The van der Waals surface area contributed by atoms with Crippen LogP contribution in [0.5, 0.6) is 0 Å². The summed E-state index contributed by atoms with van der Waals surface area (Å²) < 4.78 is 15.3. The SMILES string of the molecule is CCN(Cc1cn2c(-c3ccc(-c4ccn[nH]4)cc3)cnc2cn1)c1ccc(F)cc1. The zero-order valence-electron chi connectivity index (χ0n) is 17.0. The van der Waals surface area contributed by atoms with E-state index in [1.54, 1.807) is 24.5 Å². The smallest absolute Gasteiger partial charge is 0.155 e. The lowest BCUT2D eigenvalue weighted by molar-refractivity contribution is 0.627. The number of rotatable bonds is 6. The van der Waals surface area contributed by atoms with Crippen LogP contribution < -0.4 is 4.90 Å². The highest BCUT2D eigenvalue weighted by Crippen LogP contribution is 2.25. The molecule has 0 saturated heterocycles. The number of nitrogens with one attached hydrogen (secondary N) is 1. The second kappa shape index (κ2) is 8.02. The predicted molar refractivity (Wildman–Crippen MR) is 119 cm³/mol. The van der Waals surface area contributed by atoms with Crippen LogP contribution in [0.3, 0.4) is 0 Å². The van der Waals surface area contributed by atoms with Gasteiger partial charge in [-0.1, -0.05) is 24.3 Å². The van der Waals surface area contributed by atoms with E-state index < -0.39 is 0 Å². The van der Waals surface area contributed by atoms with Gasteiger partial charge in [0, 0.05) is 30.2 Å². The molecule has 5 rings (SSSR count). The van der Waals surface area contributed by atoms with Crippen LogP contribution in [0.15, 0.2) is 79.4 Å². The van der Waals surface area contributed by atoms with Gasteiger partial charge >= 0.3 is 0 Å². The van der Waals surface area contributed by atoms with Crippen LogP contribution >= 0.6 is 0 Å². The molecule has 0 bridgehead atoms. The first-order valence-corrected chi connectivity index (χ1v) is 10.1. The molecule has 2 aromatic carbocycles. The second-order valence-corrected chi connectivity index (χ2v) is 7.29. The molecule has 6 nitrogen and oxygen atoms in total. The van der Waals surface area contributed by atoms with Gasteiger partial charge in [-0.15, -0.1) is 0 Å². The second-order valence-electron chi connectivity index (χ2n) is 7.29. The number of imidazole rings is 1. The molecule has 0 spiro atoms. The summed E-state index contributed by atoms with van der Waals surface area (Å²) in [6.45, 7) is 3.48. The van der Waals surface area contributed by atoms with Crippen molar-refractivity contribution >= 4 is 11.3 Å². The molecule has 0 unspecified atom stereocenters. The molecule has 0 fully saturated rings. The van der Waals surface area contributed by atoms with E-state index in [-0.39, 0.29) is 5.82 Å². The largest absolute Gasteiger partial charge is 0.366 e. The summed E-state index contributed by atoms with van der Waals surface area (Å²) in [6.07, 6.45) is 7.42. The first kappa shape index (κ1) is 19.0. The first-order valence-electron chi connectivity index (χ1n) is 10.1. The molecular weight excluding hydrogens is 391 g/mol. The number of aromatic amines is 1. The summed E-state index contributed by atoms with van der Waals surface area (Å²) in [5.74, 6) is -0.235. The van der Waals surface area contributed by atoms with Crippen molar-refractivity contribution in [2.45, 2.75) is 13.5 Å². The molecular formula is C24H21FN6. The number of hydrogen-bond acceptors (Lipinski definition) is 4. The fraction of sp³-hybridized carbons (Fsp3) is 0.125. The third-order valence-electron chi connectivity index (χ3n) is 5.37. The van der Waals surface area contributed by atoms with E-state index in [0.717, 1.165) is 46.1 Å². The molecule has 31 heavy (non-hydrogen) atoms. The Labute approximate surface area is 179 Å². The summed E-state index contributed by atoms with van der Waals surface area (Å²) in [6, 6.07) is 16.8. The van der Waals surface area contributed by atoms with Gasteiger partial charge in [-0.3, -0.25) is 14.5 Å². The Morgan fingerprint density at radius 1 is 0.935 bits per heavy atom. The minimum atomic E-state index is -0.235. The lowest BCUT2D eigenvalue weighted by Gasteiger charge is -2.22. The third kappa shape index (κ3) is 3.77. The van der Waals surface area contributed by atoms with E-state index >= 15 is 0 Å². The normalized spacial score (nSPS) is 11.2. The molecule has 0 aliphatic carbocycles. The van der Waals surface area contributed by atoms with Crippen LogP contribution in [0.25, 0.3) is 28.2 Å². The van der Waals surface area contributed by atoms with E-state index in [1.807, 2.05) is 18.5 Å². The van der Waals surface area contributed by atoms with E-state index in [9.17, 15) is 4.39 Å². The minimum absolute atomic E-state index is 0.235. The molecule has 5 aromatic rings. The van der Waals surface area contributed by atoms with Crippen molar-refractivity contribution in [3.63, 3.8) is 0 Å². The topological polar surface area (TPSA) is 62.1 Å². The Morgan fingerprint density at radius 2 is 1.71 bits per heavy atom. The number of H-pyrrole nitrogens is 1. The first-order chi connectivity index (χ1) is 15.2. The number of nitrogens with zero attached hydrogens (tertiary/aromatic N) is 5. The van der Waals surface area contributed by atoms with E-state index in [2.05, 4.69) is 60.7 Å². The van der Waals surface area contributed by atoms with Crippen molar-refractivity contribution in [1.29, 1.82) is 0 Å². The van der Waals surface area contributed by atoms with Gasteiger partial charge in [-0.25, -0.2) is 9.37 Å². The summed E-state index contributed by atoms with van der Waals surface area (Å²) in [5.41, 5.74) is 6.80. The minimum Gasteiger partial charge on any atom is -0.366 e. The van der Waals surface area contributed by atoms with Crippen LogP contribution in [0.4, 0.5) is 10.1 Å². The molecule has 3 aromatic heterocycles. The zero-order valence-corrected chi connectivity index (χ0v) is 17.0. The van der Waals surface area contributed by atoms with Crippen molar-refractivity contribution in [3.8, 4) is 22.5 Å². The molecule has 1 N–H and O–H groups in total. The number of hydrogen-bond donors (Lipinski definition) is 1. The molecule has 154 valence electrons. The molecule has 0 saturated carbocycles. The fourth-order valence-corrected chi connectivity index (χ4v) is 3.69.